The van der Waals surface area contributed by atoms with Gasteiger partial charge in [-0.15, -0.1) is 0 Å². The third-order valence-corrected chi connectivity index (χ3v) is 5.24. The summed E-state index contributed by atoms with van der Waals surface area (Å²) in [6.07, 6.45) is 0. The van der Waals surface area contributed by atoms with Gasteiger partial charge in [0.2, 0.25) is 10.0 Å². The van der Waals surface area contributed by atoms with Crippen molar-refractivity contribution in [1.29, 1.82) is 0 Å². The largest absolute Gasteiger partial charge is 0.293 e. The molecular weight excluding hydrogens is 353 g/mol. The average Bonchev–Trinajstić information content (AvgIpc) is 2.67. The molecule has 3 aromatic carbocycles. The number of sulfonamides is 1. The van der Waals surface area contributed by atoms with Crippen molar-refractivity contribution in [2.75, 3.05) is 6.54 Å². The van der Waals surface area contributed by atoms with Crippen molar-refractivity contribution in [2.24, 2.45) is 0 Å². The minimum absolute atomic E-state index is 0.0984. The standard InChI is InChI=1S/C20H16FNO3S/c21-18-9-5-7-16(13-18)15-6-4-8-17(12-15)20(23)14-22-26(24,25)19-10-2-1-3-11-19/h1-13,22H,14H2. The zero-order valence-electron chi connectivity index (χ0n) is 13.7. The lowest BCUT2D eigenvalue weighted by molar-refractivity contribution is 0.0997. The van der Waals surface area contributed by atoms with Crippen molar-refractivity contribution in [3.05, 3.63) is 90.2 Å². The van der Waals surface area contributed by atoms with Crippen LogP contribution in [0.3, 0.4) is 0 Å². The molecule has 0 saturated heterocycles. The van der Waals surface area contributed by atoms with E-state index in [1.165, 1.54) is 24.3 Å². The molecule has 26 heavy (non-hydrogen) atoms. The van der Waals surface area contributed by atoms with E-state index in [9.17, 15) is 17.6 Å². The molecule has 132 valence electrons. The smallest absolute Gasteiger partial charge is 0.240 e. The Bertz CT molecular complexity index is 1030. The normalized spacial score (nSPS) is 11.3. The van der Waals surface area contributed by atoms with Crippen LogP contribution in [0, 0.1) is 5.82 Å². The van der Waals surface area contributed by atoms with Crippen LogP contribution < -0.4 is 4.72 Å². The minimum atomic E-state index is -3.75. The number of hydrogen-bond acceptors (Lipinski definition) is 3. The Balaban J connectivity index is 1.76. The second-order valence-electron chi connectivity index (χ2n) is 5.65. The van der Waals surface area contributed by atoms with Gasteiger partial charge in [0.25, 0.3) is 0 Å². The lowest BCUT2D eigenvalue weighted by atomic mass is 10.0. The van der Waals surface area contributed by atoms with Crippen LogP contribution in [-0.4, -0.2) is 20.7 Å². The Labute approximate surface area is 151 Å². The molecule has 0 amide bonds. The van der Waals surface area contributed by atoms with Crippen LogP contribution >= 0.6 is 0 Å². The summed E-state index contributed by atoms with van der Waals surface area (Å²) in [6.45, 7) is -0.357. The van der Waals surface area contributed by atoms with Gasteiger partial charge >= 0.3 is 0 Å². The molecule has 0 spiro atoms. The number of ketones is 1. The van der Waals surface area contributed by atoms with Gasteiger partial charge in [-0.3, -0.25) is 4.79 Å². The molecule has 0 heterocycles. The van der Waals surface area contributed by atoms with Crippen LogP contribution in [0.4, 0.5) is 4.39 Å². The number of nitrogens with one attached hydrogen (secondary N) is 1. The number of halogens is 1. The first-order chi connectivity index (χ1) is 12.5. The van der Waals surface area contributed by atoms with Gasteiger partial charge in [-0.2, -0.15) is 0 Å². The fraction of sp³-hybridized carbons (Fsp3) is 0.0500. The highest BCUT2D eigenvalue weighted by atomic mass is 32.2. The molecule has 3 aromatic rings. The molecule has 0 aliphatic heterocycles. The summed E-state index contributed by atoms with van der Waals surface area (Å²) >= 11 is 0. The summed E-state index contributed by atoms with van der Waals surface area (Å²) in [6, 6.07) is 20.6. The molecule has 0 unspecified atom stereocenters. The van der Waals surface area contributed by atoms with E-state index in [2.05, 4.69) is 4.72 Å². The first kappa shape index (κ1) is 18.0. The van der Waals surface area contributed by atoms with E-state index < -0.39 is 10.0 Å². The molecule has 0 radical (unpaired) electrons. The maximum absolute atomic E-state index is 13.4. The second-order valence-corrected chi connectivity index (χ2v) is 7.42. The molecule has 0 fully saturated rings. The summed E-state index contributed by atoms with van der Waals surface area (Å²) in [7, 11) is -3.75. The highest BCUT2D eigenvalue weighted by Gasteiger charge is 2.16. The molecule has 0 atom stereocenters. The Kier molecular flexibility index (Phi) is 5.25. The molecular formula is C20H16FNO3S. The third kappa shape index (κ3) is 4.22. The van der Waals surface area contributed by atoms with Crippen molar-refractivity contribution >= 4 is 15.8 Å². The fourth-order valence-corrected chi connectivity index (χ4v) is 3.49. The van der Waals surface area contributed by atoms with Crippen molar-refractivity contribution in [1.82, 2.24) is 4.72 Å². The molecule has 0 saturated carbocycles. The summed E-state index contributed by atoms with van der Waals surface area (Å²) in [5.74, 6) is -0.738. The quantitative estimate of drug-likeness (QED) is 0.675. The van der Waals surface area contributed by atoms with E-state index in [1.807, 2.05) is 0 Å². The monoisotopic (exact) mass is 369 g/mol. The molecule has 0 aliphatic carbocycles. The number of carbonyl (C=O) groups excluding carboxylic acids is 1. The van der Waals surface area contributed by atoms with E-state index in [-0.39, 0.29) is 23.0 Å². The first-order valence-corrected chi connectivity index (χ1v) is 9.38. The number of rotatable bonds is 6. The molecule has 3 rings (SSSR count). The van der Waals surface area contributed by atoms with E-state index in [0.717, 1.165) is 0 Å². The van der Waals surface area contributed by atoms with Crippen LogP contribution in [0.15, 0.2) is 83.8 Å². The van der Waals surface area contributed by atoms with E-state index in [1.54, 1.807) is 54.6 Å². The van der Waals surface area contributed by atoms with Gasteiger partial charge in [0.05, 0.1) is 11.4 Å². The summed E-state index contributed by atoms with van der Waals surface area (Å²) < 4.78 is 40.1. The van der Waals surface area contributed by atoms with Gasteiger partial charge in [-0.05, 0) is 41.5 Å². The molecule has 0 bridgehead atoms. The maximum Gasteiger partial charge on any atom is 0.240 e. The zero-order valence-corrected chi connectivity index (χ0v) is 14.5. The van der Waals surface area contributed by atoms with Gasteiger partial charge in [0.1, 0.15) is 5.82 Å². The lowest BCUT2D eigenvalue weighted by Gasteiger charge is -2.08. The number of carbonyl (C=O) groups is 1. The highest BCUT2D eigenvalue weighted by molar-refractivity contribution is 7.89. The van der Waals surface area contributed by atoms with Crippen LogP contribution in [0.5, 0.6) is 0 Å². The van der Waals surface area contributed by atoms with Gasteiger partial charge in [0.15, 0.2) is 5.78 Å². The van der Waals surface area contributed by atoms with Crippen molar-refractivity contribution in [3.63, 3.8) is 0 Å². The van der Waals surface area contributed by atoms with Crippen LogP contribution in [-0.2, 0) is 10.0 Å². The molecule has 6 heteroatoms. The van der Waals surface area contributed by atoms with Crippen LogP contribution in [0.25, 0.3) is 11.1 Å². The summed E-state index contributed by atoms with van der Waals surface area (Å²) in [5, 5.41) is 0. The van der Waals surface area contributed by atoms with E-state index in [0.29, 0.717) is 16.7 Å². The van der Waals surface area contributed by atoms with Crippen LogP contribution in [0.1, 0.15) is 10.4 Å². The Morgan fingerprint density at radius 3 is 2.19 bits per heavy atom. The first-order valence-electron chi connectivity index (χ1n) is 7.90. The number of hydrogen-bond donors (Lipinski definition) is 1. The number of benzene rings is 3. The third-order valence-electron chi connectivity index (χ3n) is 3.82. The summed E-state index contributed by atoms with van der Waals surface area (Å²) in [5.41, 5.74) is 1.67. The lowest BCUT2D eigenvalue weighted by Crippen LogP contribution is -2.29. The summed E-state index contributed by atoms with van der Waals surface area (Å²) in [4.78, 5) is 12.5. The number of Topliss-reactive ketones (excluding diaryl/α,β-unsaturated/α-hetero) is 1. The van der Waals surface area contributed by atoms with Crippen molar-refractivity contribution in [2.45, 2.75) is 4.90 Å². The Hall–Kier alpha value is -2.83. The topological polar surface area (TPSA) is 63.2 Å². The Morgan fingerprint density at radius 1 is 0.846 bits per heavy atom. The van der Waals surface area contributed by atoms with Crippen LogP contribution in [0.2, 0.25) is 0 Å². The molecule has 4 nitrogen and oxygen atoms in total. The average molecular weight is 369 g/mol. The zero-order chi connectivity index (χ0) is 18.6. The van der Waals surface area contributed by atoms with Crippen molar-refractivity contribution < 1.29 is 17.6 Å². The van der Waals surface area contributed by atoms with Gasteiger partial charge < -0.3 is 0 Å². The van der Waals surface area contributed by atoms with Gasteiger partial charge in [-0.1, -0.05) is 48.5 Å². The van der Waals surface area contributed by atoms with Gasteiger partial charge in [0, 0.05) is 5.56 Å². The van der Waals surface area contributed by atoms with Crippen molar-refractivity contribution in [3.8, 4) is 11.1 Å². The molecule has 0 aliphatic rings. The Morgan fingerprint density at radius 2 is 1.50 bits per heavy atom. The minimum Gasteiger partial charge on any atom is -0.293 e. The highest BCUT2D eigenvalue weighted by Crippen LogP contribution is 2.21. The SMILES string of the molecule is O=C(CNS(=O)(=O)c1ccccc1)c1cccc(-c2cccc(F)c2)c1. The predicted molar refractivity (Wildman–Crippen MR) is 97.8 cm³/mol. The van der Waals surface area contributed by atoms with Gasteiger partial charge in [-0.25, -0.2) is 17.5 Å². The van der Waals surface area contributed by atoms with E-state index in [4.69, 9.17) is 0 Å². The molecule has 0 aromatic heterocycles. The maximum atomic E-state index is 13.4. The molecule has 1 N–H and O–H groups in total. The predicted octanol–water partition coefficient (Wildman–Crippen LogP) is 3.65. The fourth-order valence-electron chi connectivity index (χ4n) is 2.49. The van der Waals surface area contributed by atoms with E-state index >= 15 is 0 Å². The second kappa shape index (κ2) is 7.59.